The number of allylic oxidation sites excluding steroid dienone is 1. The van der Waals surface area contributed by atoms with Gasteiger partial charge in [-0.3, -0.25) is 9.59 Å². The number of aromatic hydroxyl groups is 2. The third kappa shape index (κ3) is 3.92. The molecule has 0 unspecified atom stereocenters. The molecule has 0 aliphatic heterocycles. The Morgan fingerprint density at radius 1 is 1.08 bits per heavy atom. The highest BCUT2D eigenvalue weighted by atomic mass is 16.5. The molecule has 0 saturated heterocycles. The number of ketones is 1. The normalized spacial score (nSPS) is 10.7. The van der Waals surface area contributed by atoms with Crippen LogP contribution in [-0.4, -0.2) is 34.2 Å². The molecule has 0 radical (unpaired) electrons. The lowest BCUT2D eigenvalue weighted by Crippen LogP contribution is -2.05. The SMILES string of the molecule is COc1ccc(C(=O)C=Cc2ccc(O)cc2)c(O)c1CC(=O)O. The summed E-state index contributed by atoms with van der Waals surface area (Å²) in [5.74, 6) is -1.71. The molecular formula is C18H16O6. The predicted octanol–water partition coefficient (Wildman–Crippen LogP) is 2.63. The highest BCUT2D eigenvalue weighted by molar-refractivity contribution is 6.09. The topological polar surface area (TPSA) is 104 Å². The number of hydrogen-bond donors (Lipinski definition) is 3. The summed E-state index contributed by atoms with van der Waals surface area (Å²) in [6, 6.07) is 9.05. The molecule has 0 amide bonds. The molecule has 2 aromatic carbocycles. The van der Waals surface area contributed by atoms with Crippen LogP contribution in [-0.2, 0) is 11.2 Å². The van der Waals surface area contributed by atoms with Crippen molar-refractivity contribution in [3.63, 3.8) is 0 Å². The van der Waals surface area contributed by atoms with Crippen LogP contribution in [0.1, 0.15) is 21.5 Å². The zero-order valence-electron chi connectivity index (χ0n) is 12.9. The van der Waals surface area contributed by atoms with Crippen molar-refractivity contribution in [3.8, 4) is 17.2 Å². The van der Waals surface area contributed by atoms with Gasteiger partial charge in [0.1, 0.15) is 17.2 Å². The van der Waals surface area contributed by atoms with Gasteiger partial charge in [-0.2, -0.15) is 0 Å². The van der Waals surface area contributed by atoms with Gasteiger partial charge >= 0.3 is 5.97 Å². The van der Waals surface area contributed by atoms with E-state index in [2.05, 4.69) is 0 Å². The predicted molar refractivity (Wildman–Crippen MR) is 87.5 cm³/mol. The number of methoxy groups -OCH3 is 1. The van der Waals surface area contributed by atoms with Gasteiger partial charge in [0, 0.05) is 5.56 Å². The summed E-state index contributed by atoms with van der Waals surface area (Å²) < 4.78 is 5.03. The van der Waals surface area contributed by atoms with Gasteiger partial charge in [-0.1, -0.05) is 18.2 Å². The van der Waals surface area contributed by atoms with Crippen molar-refractivity contribution in [2.75, 3.05) is 7.11 Å². The molecule has 3 N–H and O–H groups in total. The first-order chi connectivity index (χ1) is 11.4. The van der Waals surface area contributed by atoms with E-state index in [-0.39, 0.29) is 22.6 Å². The van der Waals surface area contributed by atoms with Crippen molar-refractivity contribution in [2.24, 2.45) is 0 Å². The minimum Gasteiger partial charge on any atom is -0.508 e. The Bertz CT molecular complexity index is 790. The third-order valence-corrected chi connectivity index (χ3v) is 3.37. The minimum absolute atomic E-state index is 0.0120. The number of benzene rings is 2. The second-order valence-corrected chi connectivity index (χ2v) is 5.00. The number of carbonyl (C=O) groups is 2. The van der Waals surface area contributed by atoms with Gasteiger partial charge in [0.15, 0.2) is 5.78 Å². The zero-order chi connectivity index (χ0) is 17.7. The molecule has 0 bridgehead atoms. The van der Waals surface area contributed by atoms with Crippen molar-refractivity contribution in [1.29, 1.82) is 0 Å². The quantitative estimate of drug-likeness (QED) is 0.556. The molecule has 0 saturated carbocycles. The molecule has 2 rings (SSSR count). The van der Waals surface area contributed by atoms with Crippen LogP contribution in [0.2, 0.25) is 0 Å². The number of ether oxygens (including phenoxy) is 1. The number of phenolic OH excluding ortho intramolecular Hbond substituents is 2. The van der Waals surface area contributed by atoms with E-state index in [1.165, 1.54) is 43.5 Å². The third-order valence-electron chi connectivity index (χ3n) is 3.37. The van der Waals surface area contributed by atoms with Crippen LogP contribution in [0.4, 0.5) is 0 Å². The van der Waals surface area contributed by atoms with Gasteiger partial charge in [-0.25, -0.2) is 0 Å². The Kier molecular flexibility index (Phi) is 5.21. The van der Waals surface area contributed by atoms with Gasteiger partial charge in [0.05, 0.1) is 19.1 Å². The van der Waals surface area contributed by atoms with Crippen molar-refractivity contribution in [3.05, 3.63) is 59.2 Å². The molecule has 0 aliphatic rings. The van der Waals surface area contributed by atoms with Crippen LogP contribution < -0.4 is 4.74 Å². The van der Waals surface area contributed by atoms with E-state index in [0.29, 0.717) is 5.56 Å². The average molecular weight is 328 g/mol. The Hall–Kier alpha value is -3.28. The second kappa shape index (κ2) is 7.32. The van der Waals surface area contributed by atoms with Crippen molar-refractivity contribution in [2.45, 2.75) is 6.42 Å². The number of rotatable bonds is 6. The van der Waals surface area contributed by atoms with Gasteiger partial charge in [0.25, 0.3) is 0 Å². The maximum absolute atomic E-state index is 12.3. The zero-order valence-corrected chi connectivity index (χ0v) is 12.9. The minimum atomic E-state index is -1.15. The Morgan fingerprint density at radius 2 is 1.75 bits per heavy atom. The van der Waals surface area contributed by atoms with E-state index in [4.69, 9.17) is 9.84 Å². The van der Waals surface area contributed by atoms with Crippen LogP contribution >= 0.6 is 0 Å². The van der Waals surface area contributed by atoms with Crippen LogP contribution in [0, 0.1) is 0 Å². The first-order valence-electron chi connectivity index (χ1n) is 7.04. The molecule has 6 nitrogen and oxygen atoms in total. The largest absolute Gasteiger partial charge is 0.508 e. The van der Waals surface area contributed by atoms with Gasteiger partial charge in [-0.15, -0.1) is 0 Å². The van der Waals surface area contributed by atoms with E-state index < -0.39 is 23.9 Å². The van der Waals surface area contributed by atoms with E-state index in [1.807, 2.05) is 0 Å². The molecule has 24 heavy (non-hydrogen) atoms. The summed E-state index contributed by atoms with van der Waals surface area (Å²) >= 11 is 0. The first kappa shape index (κ1) is 17.1. The molecule has 0 aliphatic carbocycles. The summed E-state index contributed by atoms with van der Waals surface area (Å²) in [6.07, 6.45) is 2.33. The van der Waals surface area contributed by atoms with Crippen LogP contribution in [0.25, 0.3) is 6.08 Å². The van der Waals surface area contributed by atoms with Crippen molar-refractivity contribution < 1.29 is 29.6 Å². The lowest BCUT2D eigenvalue weighted by atomic mass is 10.0. The van der Waals surface area contributed by atoms with E-state index in [9.17, 15) is 19.8 Å². The van der Waals surface area contributed by atoms with Crippen molar-refractivity contribution in [1.82, 2.24) is 0 Å². The monoisotopic (exact) mass is 328 g/mol. The summed E-state index contributed by atoms with van der Waals surface area (Å²) in [7, 11) is 1.35. The molecular weight excluding hydrogens is 312 g/mol. The van der Waals surface area contributed by atoms with Crippen molar-refractivity contribution >= 4 is 17.8 Å². The van der Waals surface area contributed by atoms with E-state index in [1.54, 1.807) is 12.1 Å². The smallest absolute Gasteiger partial charge is 0.308 e. The molecule has 0 aromatic heterocycles. The molecule has 0 fully saturated rings. The molecule has 0 atom stereocenters. The molecule has 6 heteroatoms. The van der Waals surface area contributed by atoms with Crippen LogP contribution in [0.15, 0.2) is 42.5 Å². The standard InChI is InChI=1S/C18H16O6/c1-24-16-9-7-13(18(23)14(16)10-17(21)22)15(20)8-4-11-2-5-12(19)6-3-11/h2-9,19,23H,10H2,1H3,(H,21,22). The van der Waals surface area contributed by atoms with E-state index in [0.717, 1.165) is 0 Å². The lowest BCUT2D eigenvalue weighted by Gasteiger charge is -2.11. The Labute approximate surface area is 138 Å². The average Bonchev–Trinajstić information content (AvgIpc) is 2.55. The summed E-state index contributed by atoms with van der Waals surface area (Å²) in [4.78, 5) is 23.2. The number of carbonyl (C=O) groups excluding carboxylic acids is 1. The molecule has 0 heterocycles. The fourth-order valence-corrected chi connectivity index (χ4v) is 2.18. The fourth-order valence-electron chi connectivity index (χ4n) is 2.18. The van der Waals surface area contributed by atoms with Gasteiger partial charge < -0.3 is 20.1 Å². The molecule has 2 aromatic rings. The van der Waals surface area contributed by atoms with Crippen LogP contribution in [0.3, 0.4) is 0 Å². The number of carboxylic acid groups (broad SMARTS) is 1. The Morgan fingerprint density at radius 3 is 2.33 bits per heavy atom. The number of aliphatic carboxylic acids is 1. The highest BCUT2D eigenvalue weighted by Crippen LogP contribution is 2.32. The maximum atomic E-state index is 12.3. The van der Waals surface area contributed by atoms with E-state index >= 15 is 0 Å². The number of phenols is 2. The van der Waals surface area contributed by atoms with Gasteiger partial charge in [0.2, 0.25) is 0 Å². The summed E-state index contributed by atoms with van der Waals surface area (Å²) in [5, 5.41) is 28.4. The maximum Gasteiger partial charge on any atom is 0.308 e. The number of hydrogen-bond acceptors (Lipinski definition) is 5. The van der Waals surface area contributed by atoms with Gasteiger partial charge in [-0.05, 0) is 35.9 Å². The Balaban J connectivity index is 2.32. The molecule has 124 valence electrons. The number of carboxylic acids is 1. The summed E-state index contributed by atoms with van der Waals surface area (Å²) in [5.41, 5.74) is 0.732. The fraction of sp³-hybridized carbons (Fsp3) is 0.111. The molecule has 0 spiro atoms. The van der Waals surface area contributed by atoms with Crippen LogP contribution in [0.5, 0.6) is 17.2 Å². The highest BCUT2D eigenvalue weighted by Gasteiger charge is 2.19. The first-order valence-corrected chi connectivity index (χ1v) is 7.04. The lowest BCUT2D eigenvalue weighted by molar-refractivity contribution is -0.136. The summed E-state index contributed by atoms with van der Waals surface area (Å²) in [6.45, 7) is 0. The second-order valence-electron chi connectivity index (χ2n) is 5.00.